The highest BCUT2D eigenvalue weighted by Gasteiger charge is 2.38. The van der Waals surface area contributed by atoms with Crippen LogP contribution < -0.4 is 5.32 Å². The molecule has 0 aromatic heterocycles. The van der Waals surface area contributed by atoms with Gasteiger partial charge in [-0.05, 0) is 58.8 Å². The standard InChI is InChI=1S/C16H31N3O2/c1-4-8-17-16(2,15(20)21-3)13-18-11-7-14(12-18)19-9-5-6-10-19/h14,17H,4-13H2,1-3H3. The van der Waals surface area contributed by atoms with Crippen LogP contribution in [0.2, 0.25) is 0 Å². The van der Waals surface area contributed by atoms with Crippen LogP contribution in [0.25, 0.3) is 0 Å². The molecule has 21 heavy (non-hydrogen) atoms. The Kier molecular flexibility index (Phi) is 6.02. The van der Waals surface area contributed by atoms with Gasteiger partial charge >= 0.3 is 5.97 Å². The molecule has 0 aromatic carbocycles. The van der Waals surface area contributed by atoms with E-state index in [0.717, 1.165) is 32.6 Å². The average Bonchev–Trinajstić information content (AvgIpc) is 3.14. The maximum atomic E-state index is 12.1. The van der Waals surface area contributed by atoms with Crippen LogP contribution in [-0.4, -0.2) is 73.7 Å². The van der Waals surface area contributed by atoms with Crippen molar-refractivity contribution in [1.82, 2.24) is 15.1 Å². The van der Waals surface area contributed by atoms with E-state index < -0.39 is 5.54 Å². The molecular weight excluding hydrogens is 266 g/mol. The summed E-state index contributed by atoms with van der Waals surface area (Å²) in [7, 11) is 1.48. The molecule has 0 radical (unpaired) electrons. The number of esters is 1. The van der Waals surface area contributed by atoms with Crippen molar-refractivity contribution in [2.24, 2.45) is 0 Å². The van der Waals surface area contributed by atoms with Gasteiger partial charge in [-0.25, -0.2) is 0 Å². The summed E-state index contributed by atoms with van der Waals surface area (Å²) in [6, 6.07) is 0.681. The second kappa shape index (κ2) is 7.56. The van der Waals surface area contributed by atoms with E-state index in [1.54, 1.807) is 0 Å². The molecule has 2 aliphatic heterocycles. The molecule has 2 fully saturated rings. The number of hydrogen-bond donors (Lipinski definition) is 1. The third-order valence-electron chi connectivity index (χ3n) is 4.85. The van der Waals surface area contributed by atoms with E-state index >= 15 is 0 Å². The third-order valence-corrected chi connectivity index (χ3v) is 4.85. The predicted molar refractivity (Wildman–Crippen MR) is 84.4 cm³/mol. The summed E-state index contributed by atoms with van der Waals surface area (Å²) in [5.41, 5.74) is -0.593. The van der Waals surface area contributed by atoms with Gasteiger partial charge < -0.3 is 10.1 Å². The fourth-order valence-corrected chi connectivity index (χ4v) is 3.63. The first kappa shape index (κ1) is 16.7. The minimum Gasteiger partial charge on any atom is -0.468 e. The van der Waals surface area contributed by atoms with E-state index in [4.69, 9.17) is 4.74 Å². The van der Waals surface area contributed by atoms with Crippen molar-refractivity contribution in [3.05, 3.63) is 0 Å². The Morgan fingerprint density at radius 2 is 2.05 bits per heavy atom. The summed E-state index contributed by atoms with van der Waals surface area (Å²) in [6.07, 6.45) is 4.93. The van der Waals surface area contributed by atoms with E-state index in [2.05, 4.69) is 22.0 Å². The number of ether oxygens (including phenoxy) is 1. The van der Waals surface area contributed by atoms with Gasteiger partial charge in [0.2, 0.25) is 0 Å². The molecule has 2 heterocycles. The van der Waals surface area contributed by atoms with Gasteiger partial charge in [0.15, 0.2) is 0 Å². The monoisotopic (exact) mass is 297 g/mol. The molecule has 5 nitrogen and oxygen atoms in total. The number of hydrogen-bond acceptors (Lipinski definition) is 5. The zero-order valence-corrected chi connectivity index (χ0v) is 13.9. The molecule has 122 valence electrons. The molecule has 2 saturated heterocycles. The smallest absolute Gasteiger partial charge is 0.327 e. The molecule has 1 N–H and O–H groups in total. The van der Waals surface area contributed by atoms with E-state index in [1.165, 1.54) is 39.5 Å². The van der Waals surface area contributed by atoms with Crippen LogP contribution in [0, 0.1) is 0 Å². The van der Waals surface area contributed by atoms with Gasteiger partial charge in [0.05, 0.1) is 7.11 Å². The Bertz CT molecular complexity index is 344. The van der Waals surface area contributed by atoms with Crippen molar-refractivity contribution < 1.29 is 9.53 Å². The van der Waals surface area contributed by atoms with Crippen molar-refractivity contribution >= 4 is 5.97 Å². The van der Waals surface area contributed by atoms with Crippen molar-refractivity contribution in [2.45, 2.75) is 51.1 Å². The molecule has 0 aromatic rings. The summed E-state index contributed by atoms with van der Waals surface area (Å²) < 4.78 is 5.01. The van der Waals surface area contributed by atoms with Crippen LogP contribution in [0.5, 0.6) is 0 Å². The van der Waals surface area contributed by atoms with E-state index in [1.807, 2.05) is 6.92 Å². The van der Waals surface area contributed by atoms with Crippen molar-refractivity contribution in [2.75, 3.05) is 46.4 Å². The number of likely N-dealkylation sites (tertiary alicyclic amines) is 2. The Hall–Kier alpha value is -0.650. The first-order valence-electron chi connectivity index (χ1n) is 8.39. The Labute approximate surface area is 129 Å². The van der Waals surface area contributed by atoms with Gasteiger partial charge in [-0.15, -0.1) is 0 Å². The lowest BCUT2D eigenvalue weighted by Crippen LogP contribution is -2.57. The molecule has 0 amide bonds. The summed E-state index contributed by atoms with van der Waals surface area (Å²) in [4.78, 5) is 17.2. The van der Waals surface area contributed by atoms with Gasteiger partial charge in [-0.2, -0.15) is 0 Å². The normalized spacial score (nSPS) is 26.9. The van der Waals surface area contributed by atoms with E-state index in [-0.39, 0.29) is 5.97 Å². The van der Waals surface area contributed by atoms with Gasteiger partial charge in [0.1, 0.15) is 5.54 Å². The average molecular weight is 297 g/mol. The molecule has 2 rings (SSSR count). The van der Waals surface area contributed by atoms with Crippen LogP contribution in [0.4, 0.5) is 0 Å². The molecule has 0 aliphatic carbocycles. The Morgan fingerprint density at radius 1 is 1.33 bits per heavy atom. The molecule has 2 atom stereocenters. The molecule has 0 bridgehead atoms. The van der Waals surface area contributed by atoms with Crippen molar-refractivity contribution in [1.29, 1.82) is 0 Å². The summed E-state index contributed by atoms with van der Waals surface area (Å²) >= 11 is 0. The fourth-order valence-electron chi connectivity index (χ4n) is 3.63. The number of carbonyl (C=O) groups is 1. The zero-order chi connectivity index (χ0) is 15.3. The number of methoxy groups -OCH3 is 1. The van der Waals surface area contributed by atoms with Crippen LogP contribution in [0.15, 0.2) is 0 Å². The van der Waals surface area contributed by atoms with Gasteiger partial charge in [0, 0.05) is 19.1 Å². The summed E-state index contributed by atoms with van der Waals surface area (Å²) in [5, 5.41) is 3.38. The van der Waals surface area contributed by atoms with Crippen LogP contribution in [-0.2, 0) is 9.53 Å². The topological polar surface area (TPSA) is 44.8 Å². The lowest BCUT2D eigenvalue weighted by molar-refractivity contribution is -0.148. The van der Waals surface area contributed by atoms with Crippen molar-refractivity contribution in [3.63, 3.8) is 0 Å². The van der Waals surface area contributed by atoms with Crippen LogP contribution in [0.1, 0.15) is 39.5 Å². The van der Waals surface area contributed by atoms with Crippen LogP contribution >= 0.6 is 0 Å². The number of rotatable bonds is 7. The number of nitrogens with zero attached hydrogens (tertiary/aromatic N) is 2. The van der Waals surface area contributed by atoms with E-state index in [9.17, 15) is 4.79 Å². The molecule has 2 aliphatic rings. The quantitative estimate of drug-likeness (QED) is 0.713. The van der Waals surface area contributed by atoms with Crippen molar-refractivity contribution in [3.8, 4) is 0 Å². The lowest BCUT2D eigenvalue weighted by atomic mass is 10.0. The van der Waals surface area contributed by atoms with Crippen LogP contribution in [0.3, 0.4) is 0 Å². The summed E-state index contributed by atoms with van der Waals surface area (Å²) in [5.74, 6) is -0.152. The predicted octanol–water partition coefficient (Wildman–Crippen LogP) is 1.09. The minimum absolute atomic E-state index is 0.152. The second-order valence-electron chi connectivity index (χ2n) is 6.67. The molecular formula is C16H31N3O2. The molecule has 2 unspecified atom stereocenters. The molecule has 0 saturated carbocycles. The SMILES string of the molecule is CCCNC(C)(CN1CCC(N2CCCC2)C1)C(=O)OC. The first-order chi connectivity index (χ1) is 10.1. The first-order valence-corrected chi connectivity index (χ1v) is 8.39. The number of nitrogens with one attached hydrogen (secondary N) is 1. The highest BCUT2D eigenvalue weighted by atomic mass is 16.5. The number of carbonyl (C=O) groups excluding carboxylic acids is 1. The molecule has 5 heteroatoms. The fraction of sp³-hybridized carbons (Fsp3) is 0.938. The second-order valence-corrected chi connectivity index (χ2v) is 6.67. The maximum Gasteiger partial charge on any atom is 0.327 e. The largest absolute Gasteiger partial charge is 0.468 e. The zero-order valence-electron chi connectivity index (χ0n) is 13.9. The van der Waals surface area contributed by atoms with Gasteiger partial charge in [0.25, 0.3) is 0 Å². The minimum atomic E-state index is -0.593. The Balaban J connectivity index is 1.89. The lowest BCUT2D eigenvalue weighted by Gasteiger charge is -2.32. The Morgan fingerprint density at radius 3 is 2.67 bits per heavy atom. The molecule has 0 spiro atoms. The third kappa shape index (κ3) is 4.18. The van der Waals surface area contributed by atoms with Gasteiger partial charge in [-0.1, -0.05) is 6.92 Å². The van der Waals surface area contributed by atoms with E-state index in [0.29, 0.717) is 6.04 Å². The highest BCUT2D eigenvalue weighted by Crippen LogP contribution is 2.22. The highest BCUT2D eigenvalue weighted by molar-refractivity contribution is 5.80. The maximum absolute atomic E-state index is 12.1. The summed E-state index contributed by atoms with van der Waals surface area (Å²) in [6.45, 7) is 10.3. The van der Waals surface area contributed by atoms with Gasteiger partial charge in [-0.3, -0.25) is 14.6 Å².